The van der Waals surface area contributed by atoms with Crippen LogP contribution < -0.4 is 18.9 Å². The Morgan fingerprint density at radius 2 is 1.52 bits per heavy atom. The molecule has 0 atom stereocenters. The van der Waals surface area contributed by atoms with Gasteiger partial charge in [0.25, 0.3) is 0 Å². The summed E-state index contributed by atoms with van der Waals surface area (Å²) in [6.07, 6.45) is 3.12. The molecular formula is C37H38N2O6S. The van der Waals surface area contributed by atoms with Crippen LogP contribution in [-0.4, -0.2) is 35.9 Å². The van der Waals surface area contributed by atoms with Crippen molar-refractivity contribution in [3.8, 4) is 40.0 Å². The van der Waals surface area contributed by atoms with Crippen molar-refractivity contribution in [2.75, 3.05) is 20.3 Å². The normalized spacial score (nSPS) is 10.8. The molecule has 0 aliphatic carbocycles. The third kappa shape index (κ3) is 8.22. The number of para-hydroxylation sites is 1. The van der Waals surface area contributed by atoms with E-state index in [1.165, 1.54) is 18.6 Å². The molecule has 0 saturated carbocycles. The Balaban J connectivity index is 1.25. The van der Waals surface area contributed by atoms with Gasteiger partial charge in [-0.1, -0.05) is 73.3 Å². The van der Waals surface area contributed by atoms with Gasteiger partial charge < -0.3 is 23.7 Å². The van der Waals surface area contributed by atoms with E-state index in [0.29, 0.717) is 49.1 Å². The van der Waals surface area contributed by atoms with Gasteiger partial charge in [0.15, 0.2) is 0 Å². The van der Waals surface area contributed by atoms with Crippen molar-refractivity contribution in [1.82, 2.24) is 9.59 Å². The van der Waals surface area contributed by atoms with Crippen molar-refractivity contribution in [2.24, 2.45) is 0 Å². The molecule has 46 heavy (non-hydrogen) atoms. The first-order valence-electron chi connectivity index (χ1n) is 15.4. The van der Waals surface area contributed by atoms with Crippen molar-refractivity contribution in [3.05, 3.63) is 113 Å². The minimum Gasteiger partial charge on any atom is -0.493 e. The topological polar surface area (TPSA) is 89.0 Å². The Morgan fingerprint density at radius 3 is 2.26 bits per heavy atom. The monoisotopic (exact) mass is 638 g/mol. The number of carbonyl (C=O) groups is 1. The predicted octanol–water partition coefficient (Wildman–Crippen LogP) is 8.73. The van der Waals surface area contributed by atoms with Gasteiger partial charge in [-0.2, -0.15) is 0 Å². The van der Waals surface area contributed by atoms with Crippen molar-refractivity contribution in [3.63, 3.8) is 0 Å². The molecular weight excluding hydrogens is 600 g/mol. The SMILES string of the molecule is CCCc1c(OCCCOc2cc(OCc3ccccc3)c(-c3csnn3)cc2CC)cccc1Oc1ccccc1C(=O)OC. The maximum atomic E-state index is 12.3. The van der Waals surface area contributed by atoms with Crippen LogP contribution in [0.2, 0.25) is 0 Å². The summed E-state index contributed by atoms with van der Waals surface area (Å²) in [4.78, 5) is 12.3. The first kappa shape index (κ1) is 32.5. The number of rotatable bonds is 16. The van der Waals surface area contributed by atoms with Gasteiger partial charge in [-0.15, -0.1) is 5.10 Å². The fourth-order valence-electron chi connectivity index (χ4n) is 5.00. The van der Waals surface area contributed by atoms with Gasteiger partial charge in [-0.25, -0.2) is 4.79 Å². The van der Waals surface area contributed by atoms with Crippen LogP contribution in [0.25, 0.3) is 11.3 Å². The molecule has 0 N–H and O–H groups in total. The highest BCUT2D eigenvalue weighted by atomic mass is 32.1. The highest BCUT2D eigenvalue weighted by molar-refractivity contribution is 7.03. The number of carbonyl (C=O) groups excluding carboxylic acids is 1. The summed E-state index contributed by atoms with van der Waals surface area (Å²) in [6, 6.07) is 26.9. The molecule has 1 heterocycles. The number of hydrogen-bond acceptors (Lipinski definition) is 9. The van der Waals surface area contributed by atoms with Crippen LogP contribution in [-0.2, 0) is 24.2 Å². The molecule has 238 valence electrons. The fraction of sp³-hybridized carbons (Fsp3) is 0.270. The average Bonchev–Trinajstić information content (AvgIpc) is 3.64. The second-order valence-corrected chi connectivity index (χ2v) is 11.1. The lowest BCUT2D eigenvalue weighted by molar-refractivity contribution is 0.0598. The van der Waals surface area contributed by atoms with E-state index < -0.39 is 5.97 Å². The number of aromatic nitrogens is 2. The molecule has 0 saturated heterocycles. The highest BCUT2D eigenvalue weighted by Crippen LogP contribution is 2.37. The standard InChI is InChI=1S/C37H38N2O6S/c1-4-13-28-32(18-11-19-33(28)45-34-17-10-9-16-29(34)37(40)41-3)42-20-12-21-43-35-23-36(44-24-26-14-7-6-8-15-26)30(22-27(35)5-2)31-25-46-39-38-31/h6-11,14-19,22-23,25H,4-5,12-13,20-21,24H2,1-3H3. The average molecular weight is 639 g/mol. The van der Waals surface area contributed by atoms with E-state index in [1.54, 1.807) is 18.2 Å². The number of nitrogens with zero attached hydrogens (tertiary/aromatic N) is 2. The van der Waals surface area contributed by atoms with E-state index in [9.17, 15) is 4.79 Å². The summed E-state index contributed by atoms with van der Waals surface area (Å²) in [5.41, 5.74) is 5.15. The van der Waals surface area contributed by atoms with E-state index in [4.69, 9.17) is 23.7 Å². The quantitative estimate of drug-likeness (QED) is 0.0783. The Hall–Kier alpha value is -4.89. The van der Waals surface area contributed by atoms with Gasteiger partial charge in [-0.3, -0.25) is 0 Å². The maximum Gasteiger partial charge on any atom is 0.341 e. The molecule has 0 fully saturated rings. The van der Waals surface area contributed by atoms with Crippen molar-refractivity contribution in [1.29, 1.82) is 0 Å². The molecule has 4 aromatic carbocycles. The summed E-state index contributed by atoms with van der Waals surface area (Å²) in [5.74, 6) is 2.88. The van der Waals surface area contributed by atoms with E-state index in [0.717, 1.165) is 58.7 Å². The molecule has 1 aromatic heterocycles. The Morgan fingerprint density at radius 1 is 0.783 bits per heavy atom. The molecule has 0 unspecified atom stereocenters. The highest BCUT2D eigenvalue weighted by Gasteiger charge is 2.18. The summed E-state index contributed by atoms with van der Waals surface area (Å²) in [7, 11) is 1.36. The van der Waals surface area contributed by atoms with Crippen LogP contribution in [0.1, 0.15) is 53.7 Å². The zero-order valence-corrected chi connectivity index (χ0v) is 27.2. The molecule has 0 amide bonds. The second kappa shape index (κ2) is 16.4. The van der Waals surface area contributed by atoms with Crippen LogP contribution in [0.3, 0.4) is 0 Å². The fourth-order valence-corrected chi connectivity index (χ4v) is 5.46. The summed E-state index contributed by atoms with van der Waals surface area (Å²) < 4.78 is 34.1. The van der Waals surface area contributed by atoms with E-state index in [1.807, 2.05) is 66.0 Å². The summed E-state index contributed by atoms with van der Waals surface area (Å²) in [5, 5.41) is 6.21. The molecule has 0 spiro atoms. The Labute approximate surface area is 274 Å². The third-order valence-electron chi connectivity index (χ3n) is 7.32. The first-order chi connectivity index (χ1) is 22.6. The molecule has 9 heteroatoms. The van der Waals surface area contributed by atoms with E-state index >= 15 is 0 Å². The van der Waals surface area contributed by atoms with Gasteiger partial charge >= 0.3 is 5.97 Å². The minimum absolute atomic E-state index is 0.368. The lowest BCUT2D eigenvalue weighted by Crippen LogP contribution is -2.08. The van der Waals surface area contributed by atoms with E-state index in [-0.39, 0.29) is 0 Å². The first-order valence-corrected chi connectivity index (χ1v) is 16.3. The molecule has 0 radical (unpaired) electrons. The van der Waals surface area contributed by atoms with Gasteiger partial charge in [0.1, 0.15) is 46.6 Å². The van der Waals surface area contributed by atoms with Gasteiger partial charge in [0, 0.05) is 29.0 Å². The van der Waals surface area contributed by atoms with Crippen LogP contribution >= 0.6 is 11.5 Å². The number of esters is 1. The van der Waals surface area contributed by atoms with Crippen LogP contribution in [0, 0.1) is 0 Å². The molecule has 0 bridgehead atoms. The van der Waals surface area contributed by atoms with Gasteiger partial charge in [-0.05, 0) is 65.8 Å². The Kier molecular flexibility index (Phi) is 11.6. The lowest BCUT2D eigenvalue weighted by Gasteiger charge is -2.18. The maximum absolute atomic E-state index is 12.3. The largest absolute Gasteiger partial charge is 0.493 e. The number of methoxy groups -OCH3 is 1. The molecule has 8 nitrogen and oxygen atoms in total. The molecule has 0 aliphatic rings. The molecule has 5 rings (SSSR count). The van der Waals surface area contributed by atoms with Crippen molar-refractivity contribution < 1.29 is 28.5 Å². The van der Waals surface area contributed by atoms with Crippen LogP contribution in [0.4, 0.5) is 0 Å². The predicted molar refractivity (Wildman–Crippen MR) is 179 cm³/mol. The van der Waals surface area contributed by atoms with Crippen molar-refractivity contribution in [2.45, 2.75) is 46.1 Å². The number of aryl methyl sites for hydroxylation is 1. The zero-order valence-electron chi connectivity index (χ0n) is 26.4. The van der Waals surface area contributed by atoms with E-state index in [2.05, 4.69) is 29.5 Å². The molecule has 0 aliphatic heterocycles. The van der Waals surface area contributed by atoms with Crippen LogP contribution in [0.5, 0.6) is 28.7 Å². The number of ether oxygens (including phenoxy) is 5. The number of benzene rings is 4. The van der Waals surface area contributed by atoms with Gasteiger partial charge in [0.05, 0.1) is 20.3 Å². The second-order valence-electron chi connectivity index (χ2n) is 10.5. The molecule has 5 aromatic rings. The van der Waals surface area contributed by atoms with Crippen LogP contribution in [0.15, 0.2) is 90.3 Å². The lowest BCUT2D eigenvalue weighted by atomic mass is 10.0. The van der Waals surface area contributed by atoms with Crippen molar-refractivity contribution >= 4 is 17.5 Å². The smallest absolute Gasteiger partial charge is 0.341 e. The zero-order chi connectivity index (χ0) is 32.1. The summed E-state index contributed by atoms with van der Waals surface area (Å²) in [6.45, 7) is 5.57. The Bertz CT molecular complexity index is 1710. The summed E-state index contributed by atoms with van der Waals surface area (Å²) >= 11 is 1.31. The van der Waals surface area contributed by atoms with Gasteiger partial charge in [0.2, 0.25) is 0 Å². The minimum atomic E-state index is -0.448. The number of hydrogen-bond donors (Lipinski definition) is 0. The third-order valence-corrected chi connectivity index (χ3v) is 7.83.